The molecule has 1 unspecified atom stereocenters. The summed E-state index contributed by atoms with van der Waals surface area (Å²) in [5, 5.41) is 10.8. The molecule has 8 nitrogen and oxygen atoms in total. The zero-order valence-electron chi connectivity index (χ0n) is 17.4. The van der Waals surface area contributed by atoms with Crippen LogP contribution in [0, 0.1) is 20.8 Å². The number of nitrogens with one attached hydrogen (secondary N) is 1. The average Bonchev–Trinajstić information content (AvgIpc) is 3.27. The Morgan fingerprint density at radius 2 is 1.97 bits per heavy atom. The number of aryl methyl sites for hydroxylation is 2. The van der Waals surface area contributed by atoms with Crippen LogP contribution >= 0.6 is 0 Å². The molecule has 0 bridgehead atoms. The Balaban J connectivity index is 1.68. The highest BCUT2D eigenvalue weighted by molar-refractivity contribution is 5.96. The number of rotatable bonds is 7. The summed E-state index contributed by atoms with van der Waals surface area (Å²) in [4.78, 5) is 24.6. The molecule has 0 saturated carbocycles. The highest BCUT2D eigenvalue weighted by Gasteiger charge is 2.21. The number of carbonyl (C=O) groups excluding carboxylic acids is 2. The van der Waals surface area contributed by atoms with E-state index in [-0.39, 0.29) is 5.82 Å². The maximum Gasteiger partial charge on any atom is 0.331 e. The molecular formula is C22H24N4O4. The van der Waals surface area contributed by atoms with E-state index in [1.807, 2.05) is 48.9 Å². The van der Waals surface area contributed by atoms with Crippen molar-refractivity contribution >= 4 is 23.8 Å². The topological polar surface area (TPSA) is 99.2 Å². The summed E-state index contributed by atoms with van der Waals surface area (Å²) < 4.78 is 12.0. The number of aromatic nitrogens is 3. The molecule has 0 radical (unpaired) electrons. The quantitative estimate of drug-likeness (QED) is 0.472. The lowest BCUT2D eigenvalue weighted by Crippen LogP contribution is -2.31. The van der Waals surface area contributed by atoms with Gasteiger partial charge in [0.1, 0.15) is 5.76 Å². The van der Waals surface area contributed by atoms with Crippen molar-refractivity contribution in [2.24, 2.45) is 0 Å². The van der Waals surface area contributed by atoms with Crippen LogP contribution in [0.15, 0.2) is 47.0 Å². The molecule has 30 heavy (non-hydrogen) atoms. The Kier molecular flexibility index (Phi) is 6.46. The van der Waals surface area contributed by atoms with Crippen LogP contribution < -0.4 is 5.32 Å². The largest absolute Gasteiger partial charge is 0.449 e. The SMILES string of the molecule is CCC(OC(=O)/C=C/c1c(C)nn(-c2ccccc2)c1C)C(=O)Nc1cc(C)on1. The van der Waals surface area contributed by atoms with Crippen molar-refractivity contribution in [2.75, 3.05) is 5.32 Å². The summed E-state index contributed by atoms with van der Waals surface area (Å²) in [7, 11) is 0. The molecule has 0 fully saturated rings. The van der Waals surface area contributed by atoms with Crippen LogP contribution in [0.4, 0.5) is 5.82 Å². The summed E-state index contributed by atoms with van der Waals surface area (Å²) in [6.45, 7) is 7.28. The number of para-hydroxylation sites is 1. The van der Waals surface area contributed by atoms with Gasteiger partial charge in [-0.2, -0.15) is 5.10 Å². The zero-order chi connectivity index (χ0) is 21.7. The summed E-state index contributed by atoms with van der Waals surface area (Å²) in [5.74, 6) is -0.224. The van der Waals surface area contributed by atoms with Gasteiger partial charge in [0.2, 0.25) is 0 Å². The summed E-state index contributed by atoms with van der Waals surface area (Å²) in [6, 6.07) is 11.3. The van der Waals surface area contributed by atoms with Crippen LogP contribution in [-0.4, -0.2) is 32.9 Å². The second-order valence-electron chi connectivity index (χ2n) is 6.81. The second-order valence-corrected chi connectivity index (χ2v) is 6.81. The zero-order valence-corrected chi connectivity index (χ0v) is 17.4. The van der Waals surface area contributed by atoms with Crippen molar-refractivity contribution in [3.8, 4) is 5.69 Å². The molecule has 3 rings (SSSR count). The van der Waals surface area contributed by atoms with E-state index in [2.05, 4.69) is 15.6 Å². The second kappa shape index (κ2) is 9.21. The summed E-state index contributed by atoms with van der Waals surface area (Å²) >= 11 is 0. The molecule has 0 spiro atoms. The van der Waals surface area contributed by atoms with Gasteiger partial charge in [-0.1, -0.05) is 30.3 Å². The lowest BCUT2D eigenvalue weighted by atomic mass is 10.2. The van der Waals surface area contributed by atoms with Crippen molar-refractivity contribution in [1.82, 2.24) is 14.9 Å². The maximum atomic E-state index is 12.3. The van der Waals surface area contributed by atoms with E-state index in [9.17, 15) is 9.59 Å². The Bertz CT molecular complexity index is 1070. The van der Waals surface area contributed by atoms with Crippen LogP contribution in [0.2, 0.25) is 0 Å². The molecule has 0 aliphatic carbocycles. The molecule has 1 amide bonds. The number of benzene rings is 1. The molecule has 156 valence electrons. The van der Waals surface area contributed by atoms with E-state index in [1.165, 1.54) is 6.08 Å². The minimum Gasteiger partial charge on any atom is -0.449 e. The molecule has 0 saturated heterocycles. The van der Waals surface area contributed by atoms with Crippen LogP contribution in [0.3, 0.4) is 0 Å². The standard InChI is InChI=1S/C22H24N4O4/c1-5-19(22(28)23-20-13-14(2)30-25-20)29-21(27)12-11-18-15(3)24-26(16(18)4)17-9-7-6-8-10-17/h6-13,19H,5H2,1-4H3,(H,23,25,28)/b12-11+. The first-order valence-corrected chi connectivity index (χ1v) is 9.63. The van der Waals surface area contributed by atoms with Gasteiger partial charge in [-0.05, 0) is 45.4 Å². The highest BCUT2D eigenvalue weighted by atomic mass is 16.5. The number of hydrogen-bond acceptors (Lipinski definition) is 6. The van der Waals surface area contributed by atoms with Gasteiger partial charge in [0.05, 0.1) is 11.4 Å². The molecule has 2 aromatic heterocycles. The van der Waals surface area contributed by atoms with E-state index >= 15 is 0 Å². The number of hydrogen-bond donors (Lipinski definition) is 1. The van der Waals surface area contributed by atoms with Crippen molar-refractivity contribution in [3.63, 3.8) is 0 Å². The number of esters is 1. The van der Waals surface area contributed by atoms with Gasteiger partial charge in [-0.3, -0.25) is 4.79 Å². The van der Waals surface area contributed by atoms with Crippen LogP contribution in [0.25, 0.3) is 11.8 Å². The lowest BCUT2D eigenvalue weighted by Gasteiger charge is -2.13. The molecular weight excluding hydrogens is 384 g/mol. The van der Waals surface area contributed by atoms with E-state index in [0.29, 0.717) is 12.2 Å². The minimum atomic E-state index is -0.937. The van der Waals surface area contributed by atoms with Gasteiger partial charge >= 0.3 is 5.97 Å². The number of nitrogens with zero attached hydrogens (tertiary/aromatic N) is 3. The fraction of sp³-hybridized carbons (Fsp3) is 0.273. The third-order valence-corrected chi connectivity index (χ3v) is 4.54. The normalized spacial score (nSPS) is 12.1. The van der Waals surface area contributed by atoms with Gasteiger partial charge in [0, 0.05) is 23.4 Å². The van der Waals surface area contributed by atoms with Gasteiger partial charge in [-0.15, -0.1) is 0 Å². The van der Waals surface area contributed by atoms with Crippen LogP contribution in [0.5, 0.6) is 0 Å². The predicted octanol–water partition coefficient (Wildman–Crippen LogP) is 3.76. The molecule has 1 N–H and O–H groups in total. The smallest absolute Gasteiger partial charge is 0.331 e. The van der Waals surface area contributed by atoms with Crippen molar-refractivity contribution in [2.45, 2.75) is 40.2 Å². The van der Waals surface area contributed by atoms with Crippen molar-refractivity contribution < 1.29 is 18.8 Å². The molecule has 0 aliphatic rings. The average molecular weight is 408 g/mol. The third kappa shape index (κ3) is 4.83. The number of anilines is 1. The van der Waals surface area contributed by atoms with Crippen molar-refractivity contribution in [3.05, 3.63) is 65.2 Å². The van der Waals surface area contributed by atoms with E-state index < -0.39 is 18.0 Å². The molecule has 2 heterocycles. The first-order chi connectivity index (χ1) is 14.4. The predicted molar refractivity (Wildman–Crippen MR) is 112 cm³/mol. The lowest BCUT2D eigenvalue weighted by molar-refractivity contribution is -0.149. The Labute approximate surface area is 174 Å². The molecule has 3 aromatic rings. The van der Waals surface area contributed by atoms with Gasteiger partial charge in [0.25, 0.3) is 5.91 Å². The summed E-state index contributed by atoms with van der Waals surface area (Å²) in [5.41, 5.74) is 3.44. The van der Waals surface area contributed by atoms with Crippen LogP contribution in [-0.2, 0) is 14.3 Å². The molecule has 1 aromatic carbocycles. The van der Waals surface area contributed by atoms with Gasteiger partial charge in [-0.25, -0.2) is 9.48 Å². The van der Waals surface area contributed by atoms with E-state index in [4.69, 9.17) is 9.26 Å². The number of amides is 1. The maximum absolute atomic E-state index is 12.3. The number of carbonyl (C=O) groups is 2. The highest BCUT2D eigenvalue weighted by Crippen LogP contribution is 2.19. The Morgan fingerprint density at radius 1 is 1.23 bits per heavy atom. The van der Waals surface area contributed by atoms with E-state index in [1.54, 1.807) is 26.0 Å². The first kappa shape index (κ1) is 21.0. The van der Waals surface area contributed by atoms with Gasteiger partial charge in [0.15, 0.2) is 11.9 Å². The molecule has 1 atom stereocenters. The third-order valence-electron chi connectivity index (χ3n) is 4.54. The summed E-state index contributed by atoms with van der Waals surface area (Å²) in [6.07, 6.45) is 2.35. The van der Waals surface area contributed by atoms with Crippen molar-refractivity contribution in [1.29, 1.82) is 0 Å². The number of ether oxygens (including phenoxy) is 1. The molecule has 0 aliphatic heterocycles. The first-order valence-electron chi connectivity index (χ1n) is 9.63. The monoisotopic (exact) mass is 408 g/mol. The fourth-order valence-electron chi connectivity index (χ4n) is 3.00. The minimum absolute atomic E-state index is 0.280. The Hall–Kier alpha value is -3.68. The molecule has 8 heteroatoms. The van der Waals surface area contributed by atoms with Crippen LogP contribution in [0.1, 0.15) is 36.1 Å². The fourth-order valence-corrected chi connectivity index (χ4v) is 3.00. The van der Waals surface area contributed by atoms with Gasteiger partial charge < -0.3 is 14.6 Å². The van der Waals surface area contributed by atoms with E-state index in [0.717, 1.165) is 22.6 Å². The Morgan fingerprint density at radius 3 is 2.60 bits per heavy atom.